The molecule has 0 radical (unpaired) electrons. The Bertz CT molecular complexity index is 1230. The fourth-order valence-electron chi connectivity index (χ4n) is 4.11. The highest BCUT2D eigenvalue weighted by Crippen LogP contribution is 2.28. The van der Waals surface area contributed by atoms with Gasteiger partial charge in [-0.25, -0.2) is 14.6 Å². The van der Waals surface area contributed by atoms with E-state index in [2.05, 4.69) is 34.2 Å². The second-order valence-electron chi connectivity index (χ2n) is 8.38. The molecule has 0 N–H and O–H groups in total. The third-order valence-electron chi connectivity index (χ3n) is 5.77. The van der Waals surface area contributed by atoms with Crippen LogP contribution in [0.5, 0.6) is 0 Å². The van der Waals surface area contributed by atoms with E-state index in [1.165, 1.54) is 0 Å². The molecular formula is C23H26N6O2S. The summed E-state index contributed by atoms with van der Waals surface area (Å²) in [5, 5.41) is 8.48. The molecule has 0 unspecified atom stereocenters. The van der Waals surface area contributed by atoms with E-state index in [4.69, 9.17) is 9.40 Å². The largest absolute Gasteiger partial charge is 0.463 e. The molecule has 0 bridgehead atoms. The Morgan fingerprint density at radius 3 is 2.69 bits per heavy atom. The van der Waals surface area contributed by atoms with Gasteiger partial charge in [0.2, 0.25) is 0 Å². The Morgan fingerprint density at radius 2 is 2.03 bits per heavy atom. The minimum atomic E-state index is 0.0117. The molecule has 9 heteroatoms. The summed E-state index contributed by atoms with van der Waals surface area (Å²) in [5.41, 5.74) is 3.07. The second kappa shape index (κ2) is 8.48. The van der Waals surface area contributed by atoms with E-state index in [0.717, 1.165) is 35.7 Å². The molecule has 8 nitrogen and oxygen atoms in total. The van der Waals surface area contributed by atoms with Gasteiger partial charge >= 0.3 is 0 Å². The van der Waals surface area contributed by atoms with Gasteiger partial charge in [-0.05, 0) is 39.0 Å². The van der Waals surface area contributed by atoms with Crippen LogP contribution in [-0.4, -0.2) is 61.6 Å². The number of amides is 1. The third-order valence-corrected chi connectivity index (χ3v) is 6.59. The summed E-state index contributed by atoms with van der Waals surface area (Å²) in [6, 6.07) is 5.65. The van der Waals surface area contributed by atoms with Crippen molar-refractivity contribution in [1.82, 2.24) is 29.5 Å². The third kappa shape index (κ3) is 3.93. The minimum absolute atomic E-state index is 0.0117. The van der Waals surface area contributed by atoms with Crippen LogP contribution in [0.15, 0.2) is 40.5 Å². The van der Waals surface area contributed by atoms with Crippen molar-refractivity contribution in [3.63, 3.8) is 0 Å². The number of aromatic nitrogens is 4. The van der Waals surface area contributed by atoms with Gasteiger partial charge in [0.25, 0.3) is 5.91 Å². The van der Waals surface area contributed by atoms with E-state index in [0.29, 0.717) is 35.8 Å². The lowest BCUT2D eigenvalue weighted by molar-refractivity contribution is 0.0629. The molecule has 5 rings (SSSR count). The molecule has 5 heterocycles. The van der Waals surface area contributed by atoms with Crippen molar-refractivity contribution in [2.45, 2.75) is 33.4 Å². The molecule has 1 fully saturated rings. The number of aryl methyl sites for hydroxylation is 1. The number of carbonyl (C=O) groups excluding carboxylic acids is 1. The second-order valence-corrected chi connectivity index (χ2v) is 9.44. The molecule has 1 aliphatic rings. The fraction of sp³-hybridized carbons (Fsp3) is 0.391. The molecule has 166 valence electrons. The lowest BCUT2D eigenvalue weighted by Crippen LogP contribution is -2.48. The minimum Gasteiger partial charge on any atom is -0.463 e. The van der Waals surface area contributed by atoms with E-state index in [1.807, 2.05) is 34.7 Å². The number of furan rings is 1. The van der Waals surface area contributed by atoms with Crippen LogP contribution in [0, 0.1) is 6.92 Å². The molecule has 0 saturated carbocycles. The van der Waals surface area contributed by atoms with Crippen molar-refractivity contribution in [1.29, 1.82) is 0 Å². The summed E-state index contributed by atoms with van der Waals surface area (Å²) in [6.07, 6.45) is 3.37. The average molecular weight is 451 g/mol. The zero-order valence-electron chi connectivity index (χ0n) is 18.5. The maximum atomic E-state index is 13.6. The summed E-state index contributed by atoms with van der Waals surface area (Å²) in [4.78, 5) is 27.2. The lowest BCUT2D eigenvalue weighted by atomic mass is 10.1. The van der Waals surface area contributed by atoms with Gasteiger partial charge in [-0.15, -0.1) is 11.3 Å². The standard InChI is InChI=1S/C23H26N6O2S/c1-15(2)29-22-19(12-24-29)18(11-20(26-22)21-5-4-10-31-21)23(30)28-8-6-27(7-9-28)13-17-14-32-16(3)25-17/h4-5,10-12,14-15H,6-9,13H2,1-3H3. The Labute approximate surface area is 190 Å². The van der Waals surface area contributed by atoms with Gasteiger partial charge in [-0.1, -0.05) is 0 Å². The maximum Gasteiger partial charge on any atom is 0.254 e. The van der Waals surface area contributed by atoms with Gasteiger partial charge in [0.1, 0.15) is 5.69 Å². The highest BCUT2D eigenvalue weighted by Gasteiger charge is 2.26. The number of nitrogens with zero attached hydrogens (tertiary/aromatic N) is 6. The summed E-state index contributed by atoms with van der Waals surface area (Å²) >= 11 is 1.68. The van der Waals surface area contributed by atoms with Gasteiger partial charge in [-0.3, -0.25) is 9.69 Å². The molecule has 0 spiro atoms. The quantitative estimate of drug-likeness (QED) is 0.457. The monoisotopic (exact) mass is 450 g/mol. The Hall–Kier alpha value is -3.04. The number of hydrogen-bond acceptors (Lipinski definition) is 7. The molecule has 0 atom stereocenters. The van der Waals surface area contributed by atoms with Crippen molar-refractivity contribution in [3.8, 4) is 11.5 Å². The van der Waals surface area contributed by atoms with Crippen LogP contribution in [0.2, 0.25) is 0 Å². The highest BCUT2D eigenvalue weighted by molar-refractivity contribution is 7.09. The zero-order valence-corrected chi connectivity index (χ0v) is 19.3. The number of pyridine rings is 1. The molecule has 1 aliphatic heterocycles. The molecule has 0 aliphatic carbocycles. The van der Waals surface area contributed by atoms with Crippen LogP contribution in [0.3, 0.4) is 0 Å². The van der Waals surface area contributed by atoms with Gasteiger partial charge in [0.15, 0.2) is 11.4 Å². The number of thiazole rings is 1. The van der Waals surface area contributed by atoms with Gasteiger partial charge in [0, 0.05) is 44.1 Å². The number of hydrogen-bond donors (Lipinski definition) is 0. The van der Waals surface area contributed by atoms with E-state index < -0.39 is 0 Å². The number of carbonyl (C=O) groups is 1. The normalized spacial score (nSPS) is 15.2. The molecule has 4 aromatic heterocycles. The average Bonchev–Trinajstić information content (AvgIpc) is 3.54. The molecule has 0 aromatic carbocycles. The molecular weight excluding hydrogens is 424 g/mol. The van der Waals surface area contributed by atoms with Crippen molar-refractivity contribution in [2.75, 3.05) is 26.2 Å². The predicted molar refractivity (Wildman–Crippen MR) is 124 cm³/mol. The van der Waals surface area contributed by atoms with Crippen molar-refractivity contribution in [3.05, 3.63) is 52.3 Å². The SMILES string of the molecule is Cc1nc(CN2CCN(C(=O)c3cc(-c4ccco4)nc4c3cnn4C(C)C)CC2)cs1. The summed E-state index contributed by atoms with van der Waals surface area (Å²) < 4.78 is 7.42. The van der Waals surface area contributed by atoms with Gasteiger partial charge in [0.05, 0.1) is 34.1 Å². The van der Waals surface area contributed by atoms with Crippen LogP contribution in [-0.2, 0) is 6.54 Å². The molecule has 1 saturated heterocycles. The van der Waals surface area contributed by atoms with Crippen molar-refractivity contribution in [2.24, 2.45) is 0 Å². The van der Waals surface area contributed by atoms with Gasteiger partial charge in [-0.2, -0.15) is 5.10 Å². The van der Waals surface area contributed by atoms with Crippen LogP contribution < -0.4 is 0 Å². The smallest absolute Gasteiger partial charge is 0.254 e. The first kappa shape index (κ1) is 20.8. The Kier molecular flexibility index (Phi) is 5.52. The zero-order chi connectivity index (χ0) is 22.2. The maximum absolute atomic E-state index is 13.6. The van der Waals surface area contributed by atoms with E-state index in [-0.39, 0.29) is 11.9 Å². The van der Waals surface area contributed by atoms with Crippen LogP contribution in [0.1, 0.15) is 40.9 Å². The molecule has 4 aromatic rings. The van der Waals surface area contributed by atoms with Crippen molar-refractivity contribution >= 4 is 28.3 Å². The van der Waals surface area contributed by atoms with Crippen molar-refractivity contribution < 1.29 is 9.21 Å². The van der Waals surface area contributed by atoms with Crippen LogP contribution >= 0.6 is 11.3 Å². The first-order valence-corrected chi connectivity index (χ1v) is 11.7. The van der Waals surface area contributed by atoms with E-state index in [9.17, 15) is 4.79 Å². The fourth-order valence-corrected chi connectivity index (χ4v) is 4.72. The summed E-state index contributed by atoms with van der Waals surface area (Å²) in [6.45, 7) is 9.98. The number of rotatable bonds is 5. The highest BCUT2D eigenvalue weighted by atomic mass is 32.1. The molecule has 32 heavy (non-hydrogen) atoms. The van der Waals surface area contributed by atoms with Gasteiger partial charge < -0.3 is 9.32 Å². The summed E-state index contributed by atoms with van der Waals surface area (Å²) in [5.74, 6) is 0.651. The van der Waals surface area contributed by atoms with E-state index in [1.54, 1.807) is 23.8 Å². The number of fused-ring (bicyclic) bond motifs is 1. The van der Waals surface area contributed by atoms with Crippen LogP contribution in [0.4, 0.5) is 0 Å². The predicted octanol–water partition coefficient (Wildman–Crippen LogP) is 4.00. The Balaban J connectivity index is 1.41. The lowest BCUT2D eigenvalue weighted by Gasteiger charge is -2.34. The summed E-state index contributed by atoms with van der Waals surface area (Å²) in [7, 11) is 0. The van der Waals surface area contributed by atoms with Crippen LogP contribution in [0.25, 0.3) is 22.5 Å². The topological polar surface area (TPSA) is 80.3 Å². The first-order valence-electron chi connectivity index (χ1n) is 10.8. The van der Waals surface area contributed by atoms with E-state index >= 15 is 0 Å². The first-order chi connectivity index (χ1) is 15.5. The molecule has 1 amide bonds. The number of piperazine rings is 1. The Morgan fingerprint density at radius 1 is 1.22 bits per heavy atom.